The zero-order valence-electron chi connectivity index (χ0n) is 18.2. The first kappa shape index (κ1) is 23.4. The highest BCUT2D eigenvalue weighted by Gasteiger charge is 2.27. The zero-order valence-corrected chi connectivity index (χ0v) is 19.1. The average molecular weight is 456 g/mol. The number of anilines is 2. The van der Waals surface area contributed by atoms with Crippen molar-refractivity contribution >= 4 is 27.5 Å². The van der Waals surface area contributed by atoms with Gasteiger partial charge < -0.3 is 5.32 Å². The number of carbonyl (C=O) groups is 1. The number of para-hydroxylation sites is 1. The standard InChI is InChI=1S/C24H26FN3O3S/c1-4-18-11-15-21(16-12-18)26-24(29)20-13-9-19(10-14-20)17-28(32(30,31)27(2)3)23-8-6-5-7-22(23)25/h5-16H,4,17H2,1-3H3,(H,26,29). The van der Waals surface area contributed by atoms with Crippen molar-refractivity contribution < 1.29 is 17.6 Å². The summed E-state index contributed by atoms with van der Waals surface area (Å²) in [5, 5.41) is 2.84. The van der Waals surface area contributed by atoms with E-state index in [-0.39, 0.29) is 18.1 Å². The monoisotopic (exact) mass is 455 g/mol. The molecule has 0 aliphatic heterocycles. The maximum atomic E-state index is 14.4. The molecule has 8 heteroatoms. The van der Waals surface area contributed by atoms with Crippen LogP contribution in [0.1, 0.15) is 28.4 Å². The van der Waals surface area contributed by atoms with Gasteiger partial charge in [-0.15, -0.1) is 0 Å². The zero-order chi connectivity index (χ0) is 23.3. The minimum Gasteiger partial charge on any atom is -0.322 e. The van der Waals surface area contributed by atoms with E-state index in [1.165, 1.54) is 37.9 Å². The highest BCUT2D eigenvalue weighted by atomic mass is 32.2. The Morgan fingerprint density at radius 2 is 1.50 bits per heavy atom. The molecule has 0 fully saturated rings. The molecule has 0 aliphatic rings. The molecule has 32 heavy (non-hydrogen) atoms. The van der Waals surface area contributed by atoms with Gasteiger partial charge in [0.25, 0.3) is 5.91 Å². The van der Waals surface area contributed by atoms with Gasteiger partial charge in [0.05, 0.1) is 12.2 Å². The molecule has 168 valence electrons. The van der Waals surface area contributed by atoms with Crippen LogP contribution in [0.25, 0.3) is 0 Å². The van der Waals surface area contributed by atoms with E-state index in [1.54, 1.807) is 30.3 Å². The Morgan fingerprint density at radius 1 is 0.906 bits per heavy atom. The number of hydrogen-bond acceptors (Lipinski definition) is 3. The van der Waals surface area contributed by atoms with Crippen molar-refractivity contribution in [2.45, 2.75) is 19.9 Å². The average Bonchev–Trinajstić information content (AvgIpc) is 2.78. The van der Waals surface area contributed by atoms with Gasteiger partial charge in [0.15, 0.2) is 0 Å². The number of carbonyl (C=O) groups excluding carboxylic acids is 1. The molecule has 3 rings (SSSR count). The Bertz CT molecular complexity index is 1180. The van der Waals surface area contributed by atoms with Crippen LogP contribution >= 0.6 is 0 Å². The lowest BCUT2D eigenvalue weighted by Crippen LogP contribution is -2.40. The molecule has 0 bridgehead atoms. The van der Waals surface area contributed by atoms with Gasteiger partial charge in [0, 0.05) is 25.3 Å². The predicted molar refractivity (Wildman–Crippen MR) is 125 cm³/mol. The van der Waals surface area contributed by atoms with E-state index in [1.807, 2.05) is 24.3 Å². The number of amides is 1. The third-order valence-corrected chi connectivity index (χ3v) is 6.83. The number of benzene rings is 3. The Kier molecular flexibility index (Phi) is 7.27. The summed E-state index contributed by atoms with van der Waals surface area (Å²) < 4.78 is 42.1. The van der Waals surface area contributed by atoms with Crippen molar-refractivity contribution in [3.05, 3.63) is 95.3 Å². The van der Waals surface area contributed by atoms with Gasteiger partial charge in [-0.2, -0.15) is 12.7 Å². The third-order valence-electron chi connectivity index (χ3n) is 5.02. The summed E-state index contributed by atoms with van der Waals surface area (Å²) in [5.74, 6) is -0.907. The molecule has 6 nitrogen and oxygen atoms in total. The van der Waals surface area contributed by atoms with Gasteiger partial charge in [-0.3, -0.25) is 9.10 Å². The van der Waals surface area contributed by atoms with Crippen LogP contribution in [-0.4, -0.2) is 32.7 Å². The Hall–Kier alpha value is -3.23. The topological polar surface area (TPSA) is 69.7 Å². The Balaban J connectivity index is 1.80. The quantitative estimate of drug-likeness (QED) is 0.546. The van der Waals surface area contributed by atoms with Gasteiger partial charge >= 0.3 is 10.2 Å². The first-order valence-electron chi connectivity index (χ1n) is 10.2. The molecule has 1 amide bonds. The minimum atomic E-state index is -3.94. The van der Waals surface area contributed by atoms with Crippen molar-refractivity contribution in [3.8, 4) is 0 Å². The fourth-order valence-electron chi connectivity index (χ4n) is 3.10. The number of nitrogens with one attached hydrogen (secondary N) is 1. The molecule has 0 saturated carbocycles. The number of nitrogens with zero attached hydrogens (tertiary/aromatic N) is 2. The third kappa shape index (κ3) is 5.33. The minimum absolute atomic E-state index is 0.0430. The van der Waals surface area contributed by atoms with Gasteiger partial charge in [-0.25, -0.2) is 4.39 Å². The van der Waals surface area contributed by atoms with Gasteiger partial charge in [-0.05, 0) is 53.9 Å². The van der Waals surface area contributed by atoms with Crippen LogP contribution in [0.3, 0.4) is 0 Å². The second kappa shape index (κ2) is 9.93. The van der Waals surface area contributed by atoms with E-state index in [0.717, 1.165) is 15.0 Å². The van der Waals surface area contributed by atoms with E-state index in [9.17, 15) is 17.6 Å². The molecular weight excluding hydrogens is 429 g/mol. The molecule has 0 atom stereocenters. The molecule has 0 heterocycles. The molecule has 0 aliphatic carbocycles. The lowest BCUT2D eigenvalue weighted by atomic mass is 10.1. The first-order valence-corrected chi connectivity index (χ1v) is 11.6. The molecule has 0 unspecified atom stereocenters. The van der Waals surface area contributed by atoms with Crippen LogP contribution in [0, 0.1) is 5.82 Å². The van der Waals surface area contributed by atoms with E-state index < -0.39 is 16.0 Å². The summed E-state index contributed by atoms with van der Waals surface area (Å²) in [7, 11) is -1.15. The molecule has 3 aromatic carbocycles. The van der Waals surface area contributed by atoms with Crippen LogP contribution in [0.15, 0.2) is 72.8 Å². The molecule has 0 radical (unpaired) electrons. The molecular formula is C24H26FN3O3S. The van der Waals surface area contributed by atoms with Crippen LogP contribution in [0.2, 0.25) is 0 Å². The fourth-order valence-corrected chi connectivity index (χ4v) is 4.20. The van der Waals surface area contributed by atoms with Crippen molar-refractivity contribution in [2.75, 3.05) is 23.7 Å². The fraction of sp³-hybridized carbons (Fsp3) is 0.208. The van der Waals surface area contributed by atoms with E-state index >= 15 is 0 Å². The molecule has 3 aromatic rings. The van der Waals surface area contributed by atoms with Crippen molar-refractivity contribution in [2.24, 2.45) is 0 Å². The maximum absolute atomic E-state index is 14.4. The SMILES string of the molecule is CCc1ccc(NC(=O)c2ccc(CN(c3ccccc3F)S(=O)(=O)N(C)C)cc2)cc1. The Morgan fingerprint density at radius 3 is 2.06 bits per heavy atom. The van der Waals surface area contributed by atoms with Crippen molar-refractivity contribution in [3.63, 3.8) is 0 Å². The summed E-state index contributed by atoms with van der Waals surface area (Å²) in [5.41, 5.74) is 2.88. The maximum Gasteiger partial charge on any atom is 0.303 e. The summed E-state index contributed by atoms with van der Waals surface area (Å²) in [6, 6.07) is 19.9. The van der Waals surface area contributed by atoms with Crippen LogP contribution in [0.5, 0.6) is 0 Å². The molecule has 0 aromatic heterocycles. The summed E-state index contributed by atoms with van der Waals surface area (Å²) in [6.45, 7) is 1.98. The van der Waals surface area contributed by atoms with E-state index in [0.29, 0.717) is 16.8 Å². The summed E-state index contributed by atoms with van der Waals surface area (Å²) in [4.78, 5) is 12.5. The summed E-state index contributed by atoms with van der Waals surface area (Å²) >= 11 is 0. The van der Waals surface area contributed by atoms with Crippen LogP contribution < -0.4 is 9.62 Å². The molecule has 0 saturated heterocycles. The lowest BCUT2D eigenvalue weighted by molar-refractivity contribution is 0.102. The normalized spacial score (nSPS) is 11.4. The predicted octanol–water partition coefficient (Wildman–Crippen LogP) is 4.45. The first-order chi connectivity index (χ1) is 15.2. The number of aryl methyl sites for hydroxylation is 1. The van der Waals surface area contributed by atoms with Crippen LogP contribution in [-0.2, 0) is 23.2 Å². The van der Waals surface area contributed by atoms with Gasteiger partial charge in [-0.1, -0.05) is 43.3 Å². The van der Waals surface area contributed by atoms with E-state index in [4.69, 9.17) is 0 Å². The van der Waals surface area contributed by atoms with Gasteiger partial charge in [0.1, 0.15) is 5.82 Å². The number of hydrogen-bond donors (Lipinski definition) is 1. The highest BCUT2D eigenvalue weighted by Crippen LogP contribution is 2.25. The van der Waals surface area contributed by atoms with E-state index in [2.05, 4.69) is 12.2 Å². The summed E-state index contributed by atoms with van der Waals surface area (Å²) in [6.07, 6.45) is 0.920. The van der Waals surface area contributed by atoms with Gasteiger partial charge in [0.2, 0.25) is 0 Å². The smallest absolute Gasteiger partial charge is 0.303 e. The van der Waals surface area contributed by atoms with Crippen LogP contribution in [0.4, 0.5) is 15.8 Å². The number of rotatable bonds is 8. The lowest BCUT2D eigenvalue weighted by Gasteiger charge is -2.27. The largest absolute Gasteiger partial charge is 0.322 e. The highest BCUT2D eigenvalue weighted by molar-refractivity contribution is 7.90. The number of halogens is 1. The molecule has 1 N–H and O–H groups in total. The molecule has 0 spiro atoms. The second-order valence-electron chi connectivity index (χ2n) is 7.45. The van der Waals surface area contributed by atoms with Crippen molar-refractivity contribution in [1.82, 2.24) is 4.31 Å². The van der Waals surface area contributed by atoms with Crippen molar-refractivity contribution in [1.29, 1.82) is 0 Å². The Labute approximate surface area is 188 Å². The second-order valence-corrected chi connectivity index (χ2v) is 9.52.